The van der Waals surface area contributed by atoms with Crippen LogP contribution in [0.4, 0.5) is 0 Å². The first-order chi connectivity index (χ1) is 21.9. The third kappa shape index (κ3) is 22.7. The number of primary amides is 1. The zero-order valence-corrected chi connectivity index (χ0v) is 27.9. The SMILES string of the molecule is CCCNCCCNC(=O)[C@@H](N)CCCN=C(C)N.CNCCCCCNC(=O)[C@H](CC(N)=O)CC(=O)Cc1ccc(O)cc1O. The fraction of sp³-hybridized carbons (Fsp3) is 0.656. The van der Waals surface area contributed by atoms with E-state index in [-0.39, 0.29) is 48.4 Å². The van der Waals surface area contributed by atoms with Crippen LogP contribution in [-0.4, -0.2) is 91.9 Å². The van der Waals surface area contributed by atoms with Crippen molar-refractivity contribution in [3.05, 3.63) is 23.8 Å². The lowest BCUT2D eigenvalue weighted by Crippen LogP contribution is -2.41. The maximum Gasteiger partial charge on any atom is 0.236 e. The van der Waals surface area contributed by atoms with Crippen LogP contribution in [0, 0.1) is 5.92 Å². The first kappa shape index (κ1) is 42.2. The van der Waals surface area contributed by atoms with E-state index in [0.717, 1.165) is 64.2 Å². The average Bonchev–Trinajstić information content (AvgIpc) is 2.99. The van der Waals surface area contributed by atoms with Crippen LogP contribution in [0.1, 0.15) is 77.2 Å². The minimum absolute atomic E-state index is 0.0797. The number of ketones is 1. The van der Waals surface area contributed by atoms with Crippen molar-refractivity contribution in [1.82, 2.24) is 21.3 Å². The molecule has 0 fully saturated rings. The largest absolute Gasteiger partial charge is 0.508 e. The Bertz CT molecular complexity index is 1070. The van der Waals surface area contributed by atoms with Crippen LogP contribution in [0.3, 0.4) is 0 Å². The molecule has 0 aliphatic rings. The van der Waals surface area contributed by atoms with Crippen LogP contribution >= 0.6 is 0 Å². The molecule has 0 bridgehead atoms. The second-order valence-corrected chi connectivity index (χ2v) is 11.2. The molecule has 262 valence electrons. The fourth-order valence-electron chi connectivity index (χ4n) is 4.28. The number of hydrogen-bond acceptors (Lipinski definition) is 10. The summed E-state index contributed by atoms with van der Waals surface area (Å²) in [5.41, 5.74) is 16.8. The number of aliphatic imine (C=N–C) groups is 1. The highest BCUT2D eigenvalue weighted by Crippen LogP contribution is 2.24. The molecule has 1 aromatic carbocycles. The van der Waals surface area contributed by atoms with E-state index in [2.05, 4.69) is 33.2 Å². The third-order valence-electron chi connectivity index (χ3n) is 6.78. The molecule has 0 saturated heterocycles. The molecule has 0 spiro atoms. The predicted molar refractivity (Wildman–Crippen MR) is 181 cm³/mol. The second-order valence-electron chi connectivity index (χ2n) is 11.2. The van der Waals surface area contributed by atoms with Crippen LogP contribution < -0.4 is 38.5 Å². The van der Waals surface area contributed by atoms with Crippen molar-refractivity contribution in [2.45, 2.75) is 84.1 Å². The van der Waals surface area contributed by atoms with Crippen molar-refractivity contribution in [3.63, 3.8) is 0 Å². The highest BCUT2D eigenvalue weighted by molar-refractivity contribution is 5.91. The Hall–Kier alpha value is -3.75. The van der Waals surface area contributed by atoms with Gasteiger partial charge in [-0.15, -0.1) is 0 Å². The number of phenolic OH excluding ortho intramolecular Hbond substituents is 2. The smallest absolute Gasteiger partial charge is 0.236 e. The molecule has 0 saturated carbocycles. The van der Waals surface area contributed by atoms with Crippen LogP contribution in [-0.2, 0) is 25.6 Å². The van der Waals surface area contributed by atoms with Crippen LogP contribution in [0.2, 0.25) is 0 Å². The van der Waals surface area contributed by atoms with Gasteiger partial charge in [-0.05, 0) is 78.2 Å². The van der Waals surface area contributed by atoms with E-state index in [4.69, 9.17) is 17.2 Å². The number of phenols is 2. The number of unbranched alkanes of at least 4 members (excludes halogenated alkanes) is 2. The van der Waals surface area contributed by atoms with E-state index in [1.165, 1.54) is 12.1 Å². The highest BCUT2D eigenvalue weighted by atomic mass is 16.3. The summed E-state index contributed by atoms with van der Waals surface area (Å²) in [4.78, 5) is 51.5. The van der Waals surface area contributed by atoms with Crippen LogP contribution in [0.15, 0.2) is 23.2 Å². The second kappa shape index (κ2) is 26.5. The molecule has 0 aliphatic carbocycles. The summed E-state index contributed by atoms with van der Waals surface area (Å²) < 4.78 is 0. The summed E-state index contributed by atoms with van der Waals surface area (Å²) >= 11 is 0. The van der Waals surface area contributed by atoms with Crippen molar-refractivity contribution < 1.29 is 29.4 Å². The van der Waals surface area contributed by atoms with Gasteiger partial charge in [0.25, 0.3) is 0 Å². The Balaban J connectivity index is 0.000000939. The Morgan fingerprint density at radius 3 is 2.17 bits per heavy atom. The highest BCUT2D eigenvalue weighted by Gasteiger charge is 2.24. The number of Topliss-reactive ketones (excluding diaryl/α,β-unsaturated/α-hetero) is 1. The topological polar surface area (TPSA) is 247 Å². The lowest BCUT2D eigenvalue weighted by atomic mass is 9.94. The number of aromatic hydroxyl groups is 2. The number of carbonyl (C=O) groups is 4. The quantitative estimate of drug-likeness (QED) is 0.0427. The molecule has 14 heteroatoms. The third-order valence-corrected chi connectivity index (χ3v) is 6.78. The molecule has 3 amide bonds. The molecule has 12 N–H and O–H groups in total. The van der Waals surface area contributed by atoms with E-state index in [9.17, 15) is 29.4 Å². The Kier molecular flexibility index (Phi) is 24.3. The van der Waals surface area contributed by atoms with Crippen molar-refractivity contribution in [2.75, 3.05) is 46.3 Å². The molecule has 1 aromatic rings. The number of nitrogens with zero attached hydrogens (tertiary/aromatic N) is 1. The number of nitrogens with one attached hydrogen (secondary N) is 4. The lowest BCUT2D eigenvalue weighted by molar-refractivity contribution is -0.132. The number of hydrogen-bond donors (Lipinski definition) is 9. The van der Waals surface area contributed by atoms with E-state index in [1.807, 2.05) is 7.05 Å². The van der Waals surface area contributed by atoms with Gasteiger partial charge in [-0.3, -0.25) is 24.2 Å². The molecule has 14 nitrogen and oxygen atoms in total. The Labute approximate surface area is 273 Å². The molecule has 1 rings (SSSR count). The van der Waals surface area contributed by atoms with Crippen molar-refractivity contribution in [3.8, 4) is 11.5 Å². The van der Waals surface area contributed by atoms with Gasteiger partial charge in [0, 0.05) is 50.5 Å². The first-order valence-corrected chi connectivity index (χ1v) is 16.1. The van der Waals surface area contributed by atoms with Crippen molar-refractivity contribution in [1.29, 1.82) is 0 Å². The fourth-order valence-corrected chi connectivity index (χ4v) is 4.28. The number of benzene rings is 1. The summed E-state index contributed by atoms with van der Waals surface area (Å²) in [5, 5.41) is 31.0. The van der Waals surface area contributed by atoms with Gasteiger partial charge >= 0.3 is 0 Å². The lowest BCUT2D eigenvalue weighted by Gasteiger charge is -2.15. The summed E-state index contributed by atoms with van der Waals surface area (Å²) in [6.45, 7) is 8.51. The monoisotopic (exact) mass is 650 g/mol. The van der Waals surface area contributed by atoms with Gasteiger partial charge in [0.05, 0.1) is 17.8 Å². The summed E-state index contributed by atoms with van der Waals surface area (Å²) in [6.07, 6.45) is 5.79. The predicted octanol–water partition coefficient (Wildman–Crippen LogP) is 0.574. The van der Waals surface area contributed by atoms with Gasteiger partial charge in [-0.1, -0.05) is 19.4 Å². The molecule has 0 aromatic heterocycles. The Morgan fingerprint density at radius 2 is 1.54 bits per heavy atom. The van der Waals surface area contributed by atoms with E-state index in [1.54, 1.807) is 6.92 Å². The number of rotatable bonds is 24. The van der Waals surface area contributed by atoms with Gasteiger partial charge in [0.15, 0.2) is 0 Å². The zero-order chi connectivity index (χ0) is 34.7. The number of amidine groups is 1. The standard InChI is InChI=1S/C19H29N3O5.C13H29N5O/c1-21-7-3-2-4-8-22-19(27)14(11-18(20)26)10-16(24)9-13-5-6-15(23)12-17(13)25;1-3-7-16-8-5-10-18-13(19)12(15)6-4-9-17-11(2)14/h5-6,12,14,21,23,25H,2-4,7-11H2,1H3,(H2,20,26)(H,22,27);12,16H,3-10,15H2,1-2H3,(H2,14,17)(H,18,19)/t14-;12-/m00/s1. The number of amides is 3. The minimum atomic E-state index is -0.827. The van der Waals surface area contributed by atoms with E-state index < -0.39 is 17.9 Å². The summed E-state index contributed by atoms with van der Waals surface area (Å²) in [6, 6.07) is 3.50. The van der Waals surface area contributed by atoms with E-state index in [0.29, 0.717) is 37.5 Å². The zero-order valence-electron chi connectivity index (χ0n) is 27.9. The molecule has 0 radical (unpaired) electrons. The molecular formula is C32H58N8O6. The van der Waals surface area contributed by atoms with Gasteiger partial charge < -0.3 is 48.7 Å². The van der Waals surface area contributed by atoms with Crippen molar-refractivity contribution in [2.24, 2.45) is 28.1 Å². The summed E-state index contributed by atoms with van der Waals surface area (Å²) in [5.74, 6) is -1.96. The van der Waals surface area contributed by atoms with Crippen LogP contribution in [0.5, 0.6) is 11.5 Å². The van der Waals surface area contributed by atoms with Crippen LogP contribution in [0.25, 0.3) is 0 Å². The molecule has 0 unspecified atom stereocenters. The summed E-state index contributed by atoms with van der Waals surface area (Å²) in [7, 11) is 1.88. The normalized spacial score (nSPS) is 12.4. The van der Waals surface area contributed by atoms with E-state index >= 15 is 0 Å². The van der Waals surface area contributed by atoms with Gasteiger partial charge in [0.2, 0.25) is 17.7 Å². The van der Waals surface area contributed by atoms with Gasteiger partial charge in [0.1, 0.15) is 17.3 Å². The number of nitrogens with two attached hydrogens (primary N) is 3. The Morgan fingerprint density at radius 1 is 0.870 bits per heavy atom. The van der Waals surface area contributed by atoms with Crippen molar-refractivity contribution >= 4 is 29.3 Å². The van der Waals surface area contributed by atoms with Gasteiger partial charge in [-0.2, -0.15) is 0 Å². The first-order valence-electron chi connectivity index (χ1n) is 16.1. The average molecular weight is 651 g/mol. The van der Waals surface area contributed by atoms with Gasteiger partial charge in [-0.25, -0.2) is 0 Å². The molecule has 0 aliphatic heterocycles. The maximum absolute atomic E-state index is 12.3. The molecule has 0 heterocycles. The molecule has 2 atom stereocenters. The maximum atomic E-state index is 12.3. The molecule has 46 heavy (non-hydrogen) atoms. The molecular weight excluding hydrogens is 592 g/mol. The number of carbonyl (C=O) groups excluding carboxylic acids is 4. The minimum Gasteiger partial charge on any atom is -0.508 e.